The molecule has 1 heterocycles. The van der Waals surface area contributed by atoms with E-state index in [2.05, 4.69) is 11.4 Å². The van der Waals surface area contributed by atoms with Gasteiger partial charge >= 0.3 is 0 Å². The molecule has 1 amide bonds. The van der Waals surface area contributed by atoms with E-state index >= 15 is 0 Å². The molecule has 0 saturated carbocycles. The molecule has 26 heavy (non-hydrogen) atoms. The maximum Gasteiger partial charge on any atom is 0.251 e. The van der Waals surface area contributed by atoms with E-state index in [0.717, 1.165) is 19.3 Å². The molecule has 0 atom stereocenters. The summed E-state index contributed by atoms with van der Waals surface area (Å²) in [6, 6.07) is 6.26. The first-order valence-corrected chi connectivity index (χ1v) is 10.7. The normalized spacial score (nSPS) is 19.0. The zero-order chi connectivity index (χ0) is 18.4. The predicted octanol–water partition coefficient (Wildman–Crippen LogP) is 2.33. The number of ether oxygens (including phenoxy) is 1. The van der Waals surface area contributed by atoms with E-state index in [4.69, 9.17) is 4.74 Å². The Kier molecular flexibility index (Phi) is 6.45. The van der Waals surface area contributed by atoms with Gasteiger partial charge in [-0.05, 0) is 50.3 Å². The molecule has 0 radical (unpaired) electrons. The lowest BCUT2D eigenvalue weighted by Gasteiger charge is -2.26. The van der Waals surface area contributed by atoms with Crippen LogP contribution in [0.15, 0.2) is 40.8 Å². The van der Waals surface area contributed by atoms with Crippen molar-refractivity contribution in [2.45, 2.75) is 37.0 Å². The number of hydrogen-bond acceptors (Lipinski definition) is 4. The molecule has 1 aliphatic carbocycles. The topological polar surface area (TPSA) is 75.7 Å². The highest BCUT2D eigenvalue weighted by Crippen LogP contribution is 2.20. The maximum atomic E-state index is 12.7. The Morgan fingerprint density at radius 1 is 1.19 bits per heavy atom. The van der Waals surface area contributed by atoms with Crippen LogP contribution in [0.4, 0.5) is 0 Å². The van der Waals surface area contributed by atoms with Gasteiger partial charge in [-0.1, -0.05) is 17.7 Å². The Labute approximate surface area is 155 Å². The number of nitrogens with zero attached hydrogens (tertiary/aromatic N) is 1. The van der Waals surface area contributed by atoms with Crippen molar-refractivity contribution < 1.29 is 17.9 Å². The molecule has 1 N–H and O–H groups in total. The third-order valence-electron chi connectivity index (χ3n) is 4.82. The van der Waals surface area contributed by atoms with Gasteiger partial charge in [0.25, 0.3) is 5.91 Å². The van der Waals surface area contributed by atoms with Crippen molar-refractivity contribution in [1.82, 2.24) is 9.62 Å². The molecular formula is C19H26N2O4S. The number of allylic oxidation sites excluding steroid dienone is 1. The van der Waals surface area contributed by atoms with Crippen molar-refractivity contribution in [1.29, 1.82) is 0 Å². The maximum absolute atomic E-state index is 12.7. The quantitative estimate of drug-likeness (QED) is 0.771. The zero-order valence-corrected chi connectivity index (χ0v) is 15.8. The summed E-state index contributed by atoms with van der Waals surface area (Å²) in [6.45, 7) is 2.05. The molecule has 1 saturated heterocycles. The summed E-state index contributed by atoms with van der Waals surface area (Å²) in [6.07, 6.45) is 7.85. The van der Waals surface area contributed by atoms with Crippen molar-refractivity contribution in [3.8, 4) is 0 Å². The smallest absolute Gasteiger partial charge is 0.251 e. The van der Waals surface area contributed by atoms with E-state index < -0.39 is 10.0 Å². The average molecular weight is 378 g/mol. The van der Waals surface area contributed by atoms with E-state index in [1.807, 2.05) is 0 Å². The molecule has 6 nitrogen and oxygen atoms in total. The summed E-state index contributed by atoms with van der Waals surface area (Å²) in [5.41, 5.74) is 1.78. The number of nitrogens with one attached hydrogen (secondary N) is 1. The monoisotopic (exact) mass is 378 g/mol. The largest absolute Gasteiger partial charge is 0.379 e. The first-order valence-electron chi connectivity index (χ1n) is 9.21. The second kappa shape index (κ2) is 8.79. The lowest BCUT2D eigenvalue weighted by molar-refractivity contribution is 0.0730. The average Bonchev–Trinajstić information content (AvgIpc) is 2.69. The minimum atomic E-state index is -3.59. The Morgan fingerprint density at radius 2 is 2.00 bits per heavy atom. The zero-order valence-electron chi connectivity index (χ0n) is 14.9. The molecule has 7 heteroatoms. The lowest BCUT2D eigenvalue weighted by atomic mass is 9.97. The van der Waals surface area contributed by atoms with Gasteiger partial charge in [0.15, 0.2) is 0 Å². The van der Waals surface area contributed by atoms with E-state index in [-0.39, 0.29) is 10.8 Å². The van der Waals surface area contributed by atoms with Crippen molar-refractivity contribution >= 4 is 15.9 Å². The minimum Gasteiger partial charge on any atom is -0.379 e. The van der Waals surface area contributed by atoms with Crippen LogP contribution in [0.25, 0.3) is 0 Å². The van der Waals surface area contributed by atoms with E-state index in [9.17, 15) is 13.2 Å². The summed E-state index contributed by atoms with van der Waals surface area (Å²) in [7, 11) is -3.59. The van der Waals surface area contributed by atoms with Gasteiger partial charge in [-0.25, -0.2) is 8.42 Å². The molecule has 1 fully saturated rings. The van der Waals surface area contributed by atoms with Crippen LogP contribution in [-0.2, 0) is 14.8 Å². The van der Waals surface area contributed by atoms with Crippen molar-refractivity contribution in [2.75, 3.05) is 32.8 Å². The molecular weight excluding hydrogens is 352 g/mol. The van der Waals surface area contributed by atoms with Gasteiger partial charge in [-0.3, -0.25) is 4.79 Å². The van der Waals surface area contributed by atoms with Gasteiger partial charge in [-0.15, -0.1) is 0 Å². The van der Waals surface area contributed by atoms with Crippen LogP contribution in [-0.4, -0.2) is 51.5 Å². The minimum absolute atomic E-state index is 0.155. The van der Waals surface area contributed by atoms with Crippen LogP contribution >= 0.6 is 0 Å². The Morgan fingerprint density at radius 3 is 2.73 bits per heavy atom. The highest BCUT2D eigenvalue weighted by Gasteiger charge is 2.26. The summed E-state index contributed by atoms with van der Waals surface area (Å²) in [5.74, 6) is -0.236. The summed E-state index contributed by atoms with van der Waals surface area (Å²) in [4.78, 5) is 12.5. The molecule has 0 unspecified atom stereocenters. The third-order valence-corrected chi connectivity index (χ3v) is 6.72. The molecule has 142 valence electrons. The molecule has 1 aromatic carbocycles. The molecule has 0 spiro atoms. The number of carbonyl (C=O) groups is 1. The van der Waals surface area contributed by atoms with E-state index in [0.29, 0.717) is 38.4 Å². The summed E-state index contributed by atoms with van der Waals surface area (Å²) >= 11 is 0. The number of carbonyl (C=O) groups excluding carboxylic acids is 1. The highest BCUT2D eigenvalue weighted by molar-refractivity contribution is 7.89. The number of sulfonamides is 1. The number of morpholine rings is 1. The fourth-order valence-electron chi connectivity index (χ4n) is 3.30. The van der Waals surface area contributed by atoms with Crippen LogP contribution in [0.1, 0.15) is 42.5 Å². The van der Waals surface area contributed by atoms with Gasteiger partial charge in [0.1, 0.15) is 0 Å². The van der Waals surface area contributed by atoms with Crippen molar-refractivity contribution in [3.05, 3.63) is 41.5 Å². The van der Waals surface area contributed by atoms with E-state index in [1.165, 1.54) is 34.9 Å². The van der Waals surface area contributed by atoms with E-state index in [1.54, 1.807) is 12.1 Å². The van der Waals surface area contributed by atoms with Gasteiger partial charge in [-0.2, -0.15) is 4.31 Å². The van der Waals surface area contributed by atoms with Gasteiger partial charge < -0.3 is 10.1 Å². The highest BCUT2D eigenvalue weighted by atomic mass is 32.2. The molecule has 3 rings (SSSR count). The van der Waals surface area contributed by atoms with Gasteiger partial charge in [0, 0.05) is 25.2 Å². The molecule has 1 aromatic rings. The fourth-order valence-corrected chi connectivity index (χ4v) is 4.76. The molecule has 1 aliphatic heterocycles. The SMILES string of the molecule is O=C(NCCC1=CCCCC1)c1cccc(S(=O)(=O)N2CCOCC2)c1. The first kappa shape index (κ1) is 19.1. The predicted molar refractivity (Wildman–Crippen MR) is 99.5 cm³/mol. The Hall–Kier alpha value is -1.70. The van der Waals surface area contributed by atoms with Crippen LogP contribution in [0.2, 0.25) is 0 Å². The Balaban J connectivity index is 1.62. The van der Waals surface area contributed by atoms with Gasteiger partial charge in [0.2, 0.25) is 10.0 Å². The number of amides is 1. The van der Waals surface area contributed by atoms with Crippen molar-refractivity contribution in [3.63, 3.8) is 0 Å². The number of hydrogen-bond donors (Lipinski definition) is 1. The Bertz CT molecular complexity index is 767. The summed E-state index contributed by atoms with van der Waals surface area (Å²) in [5, 5.41) is 2.90. The second-order valence-corrected chi connectivity index (χ2v) is 8.60. The molecule has 0 bridgehead atoms. The molecule has 0 aromatic heterocycles. The second-order valence-electron chi connectivity index (χ2n) is 6.66. The number of benzene rings is 1. The number of rotatable bonds is 6. The standard InChI is InChI=1S/C19H26N2O4S/c22-19(20-10-9-16-5-2-1-3-6-16)17-7-4-8-18(15-17)26(23,24)21-11-13-25-14-12-21/h4-5,7-8,15H,1-3,6,9-14H2,(H,20,22). The van der Waals surface area contributed by atoms with Crippen LogP contribution in [0.5, 0.6) is 0 Å². The molecule has 2 aliphatic rings. The van der Waals surface area contributed by atoms with Crippen LogP contribution in [0, 0.1) is 0 Å². The van der Waals surface area contributed by atoms with Crippen LogP contribution < -0.4 is 5.32 Å². The fraction of sp³-hybridized carbons (Fsp3) is 0.526. The van der Waals surface area contributed by atoms with Crippen LogP contribution in [0.3, 0.4) is 0 Å². The third kappa shape index (κ3) is 4.72. The first-order chi connectivity index (χ1) is 12.6. The lowest BCUT2D eigenvalue weighted by Crippen LogP contribution is -2.40. The summed E-state index contributed by atoms with van der Waals surface area (Å²) < 4.78 is 32.0. The van der Waals surface area contributed by atoms with Gasteiger partial charge in [0.05, 0.1) is 18.1 Å². The van der Waals surface area contributed by atoms with Crippen molar-refractivity contribution in [2.24, 2.45) is 0 Å².